The van der Waals surface area contributed by atoms with Crippen molar-refractivity contribution in [1.82, 2.24) is 15.1 Å². The summed E-state index contributed by atoms with van der Waals surface area (Å²) in [4.78, 5) is 44.0. The van der Waals surface area contributed by atoms with Crippen molar-refractivity contribution in [3.05, 3.63) is 29.8 Å². The van der Waals surface area contributed by atoms with Gasteiger partial charge < -0.3 is 24.6 Å². The summed E-state index contributed by atoms with van der Waals surface area (Å²) in [6.07, 6.45) is 2.53. The SMILES string of the molecule is CCOC(=O)[C@H](CC(C)C)NC(=O)Cc1ccc(N2CCN(C3CCN(C(=O)OC(C)(C)C)CC3)CC2)cc1. The zero-order valence-electron chi connectivity index (χ0n) is 24.7. The first-order valence-electron chi connectivity index (χ1n) is 14.5. The highest BCUT2D eigenvalue weighted by Crippen LogP contribution is 2.23. The molecule has 2 saturated heterocycles. The van der Waals surface area contributed by atoms with Crippen LogP contribution in [0, 0.1) is 5.92 Å². The minimum absolute atomic E-state index is 0.173. The zero-order valence-corrected chi connectivity index (χ0v) is 24.7. The van der Waals surface area contributed by atoms with Gasteiger partial charge in [-0.05, 0) is 70.6 Å². The monoisotopic (exact) mass is 544 g/mol. The van der Waals surface area contributed by atoms with Crippen LogP contribution in [-0.4, -0.2) is 91.3 Å². The van der Waals surface area contributed by atoms with Crippen LogP contribution in [0.25, 0.3) is 0 Å². The third-order valence-corrected chi connectivity index (χ3v) is 7.23. The second-order valence-corrected chi connectivity index (χ2v) is 12.1. The molecule has 0 bridgehead atoms. The van der Waals surface area contributed by atoms with Crippen molar-refractivity contribution in [1.29, 1.82) is 0 Å². The number of anilines is 1. The van der Waals surface area contributed by atoms with E-state index < -0.39 is 11.6 Å². The van der Waals surface area contributed by atoms with E-state index in [0.29, 0.717) is 19.1 Å². The van der Waals surface area contributed by atoms with Crippen molar-refractivity contribution >= 4 is 23.7 Å². The third kappa shape index (κ3) is 9.71. The number of hydrogen-bond acceptors (Lipinski definition) is 7. The first kappa shape index (κ1) is 30.7. The average molecular weight is 545 g/mol. The molecule has 1 aromatic carbocycles. The summed E-state index contributed by atoms with van der Waals surface area (Å²) >= 11 is 0. The van der Waals surface area contributed by atoms with Gasteiger partial charge in [-0.15, -0.1) is 0 Å². The molecule has 0 radical (unpaired) electrons. The Morgan fingerprint density at radius 2 is 1.59 bits per heavy atom. The van der Waals surface area contributed by atoms with Crippen LogP contribution in [0.15, 0.2) is 24.3 Å². The van der Waals surface area contributed by atoms with Crippen LogP contribution in [-0.2, 0) is 25.5 Å². The maximum absolute atomic E-state index is 12.6. The molecule has 2 fully saturated rings. The molecule has 0 aromatic heterocycles. The number of nitrogens with zero attached hydrogens (tertiary/aromatic N) is 3. The summed E-state index contributed by atoms with van der Waals surface area (Å²) in [6, 6.07) is 8.03. The highest BCUT2D eigenvalue weighted by atomic mass is 16.6. The predicted octanol–water partition coefficient (Wildman–Crippen LogP) is 3.84. The molecule has 218 valence electrons. The molecule has 0 aliphatic carbocycles. The number of likely N-dealkylation sites (tertiary alicyclic amines) is 1. The van der Waals surface area contributed by atoms with E-state index in [0.717, 1.165) is 63.4 Å². The minimum atomic E-state index is -0.613. The molecule has 0 saturated carbocycles. The molecular weight excluding hydrogens is 496 g/mol. The Morgan fingerprint density at radius 1 is 0.974 bits per heavy atom. The first-order valence-corrected chi connectivity index (χ1v) is 14.5. The van der Waals surface area contributed by atoms with Gasteiger partial charge in [-0.2, -0.15) is 0 Å². The third-order valence-electron chi connectivity index (χ3n) is 7.23. The number of piperazine rings is 1. The molecule has 0 unspecified atom stereocenters. The summed E-state index contributed by atoms with van der Waals surface area (Å²) in [6.45, 7) is 17.2. The van der Waals surface area contributed by atoms with E-state index in [-0.39, 0.29) is 30.3 Å². The quantitative estimate of drug-likeness (QED) is 0.472. The number of esters is 1. The summed E-state index contributed by atoms with van der Waals surface area (Å²) in [5.74, 6) is -0.278. The number of nitrogens with one attached hydrogen (secondary N) is 1. The Kier molecular flexibility index (Phi) is 11.0. The minimum Gasteiger partial charge on any atom is -0.464 e. The Morgan fingerprint density at radius 3 is 2.13 bits per heavy atom. The van der Waals surface area contributed by atoms with Crippen molar-refractivity contribution in [3.8, 4) is 0 Å². The highest BCUT2D eigenvalue weighted by Gasteiger charge is 2.31. The lowest BCUT2D eigenvalue weighted by molar-refractivity contribution is -0.147. The summed E-state index contributed by atoms with van der Waals surface area (Å²) in [5.41, 5.74) is 1.61. The molecule has 3 rings (SSSR count). The molecule has 1 aromatic rings. The van der Waals surface area contributed by atoms with Gasteiger partial charge in [0, 0.05) is 51.0 Å². The van der Waals surface area contributed by atoms with Gasteiger partial charge >= 0.3 is 12.1 Å². The van der Waals surface area contributed by atoms with Crippen molar-refractivity contribution in [2.45, 2.75) is 84.9 Å². The van der Waals surface area contributed by atoms with E-state index in [2.05, 4.69) is 27.2 Å². The number of rotatable bonds is 9. The normalized spacial score (nSPS) is 18.1. The highest BCUT2D eigenvalue weighted by molar-refractivity contribution is 5.85. The maximum atomic E-state index is 12.6. The molecule has 39 heavy (non-hydrogen) atoms. The van der Waals surface area contributed by atoms with Gasteiger partial charge in [0.2, 0.25) is 5.91 Å². The van der Waals surface area contributed by atoms with Crippen LogP contribution in [0.4, 0.5) is 10.5 Å². The first-order chi connectivity index (χ1) is 18.4. The van der Waals surface area contributed by atoms with Crippen LogP contribution in [0.3, 0.4) is 0 Å². The molecule has 2 aliphatic heterocycles. The number of benzene rings is 1. The van der Waals surface area contributed by atoms with Crippen LogP contribution in [0.2, 0.25) is 0 Å². The van der Waals surface area contributed by atoms with Gasteiger partial charge in [-0.1, -0.05) is 26.0 Å². The average Bonchev–Trinajstić information content (AvgIpc) is 2.88. The molecule has 1 atom stereocenters. The van der Waals surface area contributed by atoms with E-state index in [9.17, 15) is 14.4 Å². The smallest absolute Gasteiger partial charge is 0.410 e. The predicted molar refractivity (Wildman–Crippen MR) is 153 cm³/mol. The van der Waals surface area contributed by atoms with Gasteiger partial charge in [-0.3, -0.25) is 9.69 Å². The largest absolute Gasteiger partial charge is 0.464 e. The number of carbonyl (C=O) groups excluding carboxylic acids is 3. The van der Waals surface area contributed by atoms with Gasteiger partial charge in [0.15, 0.2) is 0 Å². The van der Waals surface area contributed by atoms with Crippen LogP contribution >= 0.6 is 0 Å². The Hall–Kier alpha value is -2.81. The lowest BCUT2D eigenvalue weighted by Crippen LogP contribution is -2.54. The Balaban J connectivity index is 1.44. The van der Waals surface area contributed by atoms with Crippen LogP contribution < -0.4 is 10.2 Å². The molecule has 9 heteroatoms. The zero-order chi connectivity index (χ0) is 28.6. The number of piperidine rings is 1. The summed E-state index contributed by atoms with van der Waals surface area (Å²) in [5, 5.41) is 2.86. The second-order valence-electron chi connectivity index (χ2n) is 12.1. The molecule has 9 nitrogen and oxygen atoms in total. The Bertz CT molecular complexity index is 943. The van der Waals surface area contributed by atoms with E-state index in [1.54, 1.807) is 6.92 Å². The van der Waals surface area contributed by atoms with E-state index in [4.69, 9.17) is 9.47 Å². The fraction of sp³-hybridized carbons (Fsp3) is 0.700. The molecule has 2 aliphatic rings. The summed E-state index contributed by atoms with van der Waals surface area (Å²) < 4.78 is 10.7. The fourth-order valence-electron chi connectivity index (χ4n) is 5.27. The van der Waals surface area contributed by atoms with Crippen LogP contribution in [0.5, 0.6) is 0 Å². The maximum Gasteiger partial charge on any atom is 0.410 e. The van der Waals surface area contributed by atoms with Crippen molar-refractivity contribution in [3.63, 3.8) is 0 Å². The lowest BCUT2D eigenvalue weighted by atomic mass is 10.0. The van der Waals surface area contributed by atoms with E-state index >= 15 is 0 Å². The topological polar surface area (TPSA) is 91.4 Å². The summed E-state index contributed by atoms with van der Waals surface area (Å²) in [7, 11) is 0. The molecule has 0 spiro atoms. The Labute approximate surface area is 234 Å². The number of carbonyl (C=O) groups is 3. The van der Waals surface area contributed by atoms with E-state index in [1.165, 1.54) is 0 Å². The van der Waals surface area contributed by atoms with Crippen LogP contribution in [0.1, 0.15) is 66.4 Å². The molecule has 2 heterocycles. The van der Waals surface area contributed by atoms with Gasteiger partial charge in [-0.25, -0.2) is 9.59 Å². The molecule has 1 N–H and O–H groups in total. The lowest BCUT2D eigenvalue weighted by Gasteiger charge is -2.43. The standard InChI is InChI=1S/C30H48N4O5/c1-7-38-28(36)26(20-22(2)3)31-27(35)21-23-8-10-24(11-9-23)32-16-18-33(19-17-32)25-12-14-34(15-13-25)29(37)39-30(4,5)6/h8-11,22,25-26H,7,12-21H2,1-6H3,(H,31,35)/t26-/m0/s1. The van der Waals surface area contributed by atoms with E-state index in [1.807, 2.05) is 51.7 Å². The molecule has 2 amide bonds. The molecular formula is C30H48N4O5. The van der Waals surface area contributed by atoms with Crippen molar-refractivity contribution < 1.29 is 23.9 Å². The number of hydrogen-bond donors (Lipinski definition) is 1. The number of ether oxygens (including phenoxy) is 2. The van der Waals surface area contributed by atoms with Gasteiger partial charge in [0.25, 0.3) is 0 Å². The van der Waals surface area contributed by atoms with Gasteiger partial charge in [0.1, 0.15) is 11.6 Å². The fourth-order valence-corrected chi connectivity index (χ4v) is 5.27. The van der Waals surface area contributed by atoms with Crippen molar-refractivity contribution in [2.75, 3.05) is 50.8 Å². The van der Waals surface area contributed by atoms with Gasteiger partial charge in [0.05, 0.1) is 13.0 Å². The van der Waals surface area contributed by atoms with Crippen molar-refractivity contribution in [2.24, 2.45) is 5.92 Å². The number of amides is 2. The second kappa shape index (κ2) is 14.0.